The molecule has 1 unspecified atom stereocenters. The summed E-state index contributed by atoms with van der Waals surface area (Å²) in [5, 5.41) is 0.366. The molecule has 0 saturated carbocycles. The summed E-state index contributed by atoms with van der Waals surface area (Å²) in [5.74, 6) is 0.950. The molecule has 3 nitrogen and oxygen atoms in total. The van der Waals surface area contributed by atoms with E-state index in [1.165, 1.54) is 14.2 Å². The molecular weight excluding hydrogens is 307 g/mol. The highest BCUT2D eigenvalue weighted by Crippen LogP contribution is 2.34. The molecule has 0 heterocycles. The van der Waals surface area contributed by atoms with Crippen LogP contribution in [0.5, 0.6) is 11.5 Å². The van der Waals surface area contributed by atoms with Crippen LogP contribution in [0.3, 0.4) is 0 Å². The predicted octanol–water partition coefficient (Wildman–Crippen LogP) is 3.71. The lowest BCUT2D eigenvalue weighted by molar-refractivity contribution is 0.0990. The fraction of sp³-hybridized carbons (Fsp3) is 0.417. The Morgan fingerprint density at radius 2 is 1.88 bits per heavy atom. The summed E-state index contributed by atoms with van der Waals surface area (Å²) in [7, 11) is 3.04. The number of rotatable bonds is 5. The van der Waals surface area contributed by atoms with Crippen molar-refractivity contribution in [3.05, 3.63) is 22.7 Å². The van der Waals surface area contributed by atoms with Gasteiger partial charge in [-0.2, -0.15) is 0 Å². The Kier molecular flexibility index (Phi) is 5.28. The molecule has 0 radical (unpaired) electrons. The van der Waals surface area contributed by atoms with Gasteiger partial charge in [0.1, 0.15) is 0 Å². The van der Waals surface area contributed by atoms with Crippen molar-refractivity contribution in [2.45, 2.75) is 18.2 Å². The van der Waals surface area contributed by atoms with Gasteiger partial charge in [-0.25, -0.2) is 0 Å². The van der Waals surface area contributed by atoms with Gasteiger partial charge in [0, 0.05) is 11.6 Å². The molecular formula is C12H14BrClO3. The van der Waals surface area contributed by atoms with Gasteiger partial charge >= 0.3 is 0 Å². The fourth-order valence-corrected chi connectivity index (χ4v) is 1.89. The van der Waals surface area contributed by atoms with Crippen molar-refractivity contribution in [3.8, 4) is 11.5 Å². The Hall–Kier alpha value is -0.740. The summed E-state index contributed by atoms with van der Waals surface area (Å²) >= 11 is 9.37. The zero-order chi connectivity index (χ0) is 13.0. The highest BCUT2D eigenvalue weighted by Gasteiger charge is 2.20. The van der Waals surface area contributed by atoms with Crippen LogP contribution >= 0.6 is 27.5 Å². The normalized spacial score (nSPS) is 12.1. The molecule has 0 aliphatic heterocycles. The number of carbonyl (C=O) groups is 1. The minimum absolute atomic E-state index is 0.0570. The second kappa shape index (κ2) is 6.26. The van der Waals surface area contributed by atoms with Gasteiger partial charge in [0.05, 0.1) is 24.1 Å². The largest absolute Gasteiger partial charge is 0.493 e. The monoisotopic (exact) mass is 320 g/mol. The van der Waals surface area contributed by atoms with Crippen LogP contribution in [0.25, 0.3) is 0 Å². The van der Waals surface area contributed by atoms with E-state index >= 15 is 0 Å². The van der Waals surface area contributed by atoms with Gasteiger partial charge < -0.3 is 9.47 Å². The molecule has 1 aromatic rings. The fourth-order valence-electron chi connectivity index (χ4n) is 1.40. The van der Waals surface area contributed by atoms with Gasteiger partial charge in [0.15, 0.2) is 17.3 Å². The molecule has 0 spiro atoms. The lowest BCUT2D eigenvalue weighted by Crippen LogP contribution is -2.13. The number of benzene rings is 1. The number of alkyl halides is 1. The molecule has 0 aliphatic carbocycles. The molecule has 0 saturated heterocycles. The molecule has 0 bridgehead atoms. The van der Waals surface area contributed by atoms with Gasteiger partial charge in [-0.3, -0.25) is 4.79 Å². The van der Waals surface area contributed by atoms with Gasteiger partial charge in [-0.1, -0.05) is 34.5 Å². The molecule has 0 amide bonds. The number of ether oxygens (including phenoxy) is 2. The third kappa shape index (κ3) is 3.13. The van der Waals surface area contributed by atoms with Gasteiger partial charge in [-0.15, -0.1) is 0 Å². The van der Waals surface area contributed by atoms with Crippen molar-refractivity contribution in [3.63, 3.8) is 0 Å². The summed E-state index contributed by atoms with van der Waals surface area (Å²) in [6.45, 7) is 1.92. The van der Waals surface area contributed by atoms with E-state index in [4.69, 9.17) is 21.1 Å². The maximum absolute atomic E-state index is 12.0. The van der Waals surface area contributed by atoms with Crippen LogP contribution in [0.4, 0.5) is 0 Å². The minimum atomic E-state index is -0.238. The van der Waals surface area contributed by atoms with E-state index < -0.39 is 0 Å². The average molecular weight is 322 g/mol. The first kappa shape index (κ1) is 14.3. The quantitative estimate of drug-likeness (QED) is 0.612. The smallest absolute Gasteiger partial charge is 0.178 e. The van der Waals surface area contributed by atoms with Crippen molar-refractivity contribution < 1.29 is 14.3 Å². The van der Waals surface area contributed by atoms with E-state index in [1.54, 1.807) is 12.1 Å². The van der Waals surface area contributed by atoms with Crippen LogP contribution in [0.1, 0.15) is 23.7 Å². The van der Waals surface area contributed by atoms with Crippen LogP contribution < -0.4 is 9.47 Å². The van der Waals surface area contributed by atoms with E-state index in [0.29, 0.717) is 28.5 Å². The minimum Gasteiger partial charge on any atom is -0.493 e. The summed E-state index contributed by atoms with van der Waals surface area (Å²) in [6.07, 6.45) is 0.698. The van der Waals surface area contributed by atoms with Gasteiger partial charge in [-0.05, 0) is 12.5 Å². The van der Waals surface area contributed by atoms with Crippen molar-refractivity contribution in [2.75, 3.05) is 14.2 Å². The third-order valence-electron chi connectivity index (χ3n) is 2.38. The van der Waals surface area contributed by atoms with E-state index in [1.807, 2.05) is 6.92 Å². The van der Waals surface area contributed by atoms with Crippen LogP contribution in [-0.2, 0) is 0 Å². The Labute approximate surface area is 114 Å². The molecule has 5 heteroatoms. The number of ketones is 1. The van der Waals surface area contributed by atoms with E-state index in [0.717, 1.165) is 0 Å². The van der Waals surface area contributed by atoms with Gasteiger partial charge in [0.25, 0.3) is 0 Å². The highest BCUT2D eigenvalue weighted by atomic mass is 79.9. The summed E-state index contributed by atoms with van der Waals surface area (Å²) in [4.78, 5) is 11.8. The Morgan fingerprint density at radius 1 is 1.35 bits per heavy atom. The maximum Gasteiger partial charge on any atom is 0.178 e. The molecule has 0 aromatic heterocycles. The molecule has 94 valence electrons. The van der Waals surface area contributed by atoms with Crippen molar-refractivity contribution in [1.82, 2.24) is 0 Å². The van der Waals surface area contributed by atoms with Gasteiger partial charge in [0.2, 0.25) is 0 Å². The topological polar surface area (TPSA) is 35.5 Å². The second-order valence-corrected chi connectivity index (χ2v) is 4.94. The SMILES string of the molecule is CCC(Br)C(=O)c1cc(OC)c(OC)cc1Cl. The third-order valence-corrected chi connectivity index (χ3v) is 3.76. The zero-order valence-electron chi connectivity index (χ0n) is 9.92. The first-order chi connectivity index (χ1) is 8.04. The highest BCUT2D eigenvalue weighted by molar-refractivity contribution is 9.10. The summed E-state index contributed by atoms with van der Waals surface area (Å²) in [5.41, 5.74) is 0.438. The number of hydrogen-bond acceptors (Lipinski definition) is 3. The zero-order valence-corrected chi connectivity index (χ0v) is 12.3. The molecule has 0 aliphatic rings. The van der Waals surface area contributed by atoms with Crippen molar-refractivity contribution in [2.24, 2.45) is 0 Å². The molecule has 1 rings (SSSR count). The predicted molar refractivity (Wildman–Crippen MR) is 71.9 cm³/mol. The number of halogens is 2. The molecule has 0 N–H and O–H groups in total. The standard InChI is InChI=1S/C12H14BrClO3/c1-4-8(13)12(15)7-5-10(16-2)11(17-3)6-9(7)14/h5-6,8H,4H2,1-3H3. The number of methoxy groups -OCH3 is 2. The number of Topliss-reactive ketones (excluding diaryl/α,β-unsaturated/α-hetero) is 1. The molecule has 1 aromatic carbocycles. The lowest BCUT2D eigenvalue weighted by atomic mass is 10.1. The molecule has 1 atom stereocenters. The van der Waals surface area contributed by atoms with Crippen molar-refractivity contribution in [1.29, 1.82) is 0 Å². The number of carbonyl (C=O) groups excluding carboxylic acids is 1. The second-order valence-electron chi connectivity index (χ2n) is 3.43. The summed E-state index contributed by atoms with van der Waals surface area (Å²) in [6, 6.07) is 3.19. The first-order valence-electron chi connectivity index (χ1n) is 5.14. The van der Waals surface area contributed by atoms with Crippen molar-refractivity contribution >= 4 is 33.3 Å². The van der Waals surface area contributed by atoms with E-state index in [-0.39, 0.29) is 10.6 Å². The first-order valence-corrected chi connectivity index (χ1v) is 6.44. The average Bonchev–Trinajstić information content (AvgIpc) is 2.36. The maximum atomic E-state index is 12.0. The van der Waals surface area contributed by atoms with Crippen LogP contribution in [0.15, 0.2) is 12.1 Å². The van der Waals surface area contributed by atoms with Crippen LogP contribution in [-0.4, -0.2) is 24.8 Å². The van der Waals surface area contributed by atoms with Crippen LogP contribution in [0.2, 0.25) is 5.02 Å². The van der Waals surface area contributed by atoms with Crippen LogP contribution in [0, 0.1) is 0 Å². The Balaban J connectivity index is 3.21. The summed E-state index contributed by atoms with van der Waals surface area (Å²) < 4.78 is 10.3. The molecule has 17 heavy (non-hydrogen) atoms. The lowest BCUT2D eigenvalue weighted by Gasteiger charge is -2.12. The Bertz CT molecular complexity index is 420. The van der Waals surface area contributed by atoms with E-state index in [9.17, 15) is 4.79 Å². The van der Waals surface area contributed by atoms with E-state index in [2.05, 4.69) is 15.9 Å². The number of hydrogen-bond donors (Lipinski definition) is 0. The Morgan fingerprint density at radius 3 is 2.35 bits per heavy atom. The molecule has 0 fully saturated rings.